The van der Waals surface area contributed by atoms with Gasteiger partial charge in [0, 0.05) is 25.5 Å². The molecule has 3 aromatic heterocycles. The number of fused-ring (bicyclic) bond motifs is 1. The van der Waals surface area contributed by atoms with Crippen molar-refractivity contribution in [2.24, 2.45) is 0 Å². The highest BCUT2D eigenvalue weighted by Crippen LogP contribution is 2.25. The molecule has 1 aliphatic heterocycles. The van der Waals surface area contributed by atoms with E-state index in [1.807, 2.05) is 0 Å². The third-order valence-corrected chi connectivity index (χ3v) is 5.98. The first-order valence-corrected chi connectivity index (χ1v) is 10.5. The van der Waals surface area contributed by atoms with E-state index in [1.165, 1.54) is 40.1 Å². The van der Waals surface area contributed by atoms with E-state index >= 15 is 0 Å². The molecule has 0 radical (unpaired) electrons. The zero-order valence-electron chi connectivity index (χ0n) is 17.6. The zero-order chi connectivity index (χ0) is 23.0. The first-order valence-electron chi connectivity index (χ1n) is 10.5. The number of rotatable bonds is 4. The van der Waals surface area contributed by atoms with E-state index in [2.05, 4.69) is 15.1 Å². The predicted molar refractivity (Wildman–Crippen MR) is 117 cm³/mol. The molecule has 0 spiro atoms. The number of carbonyl (C=O) groups excluding carboxylic acids is 1. The number of nitrogens with zero attached hydrogens (tertiary/aromatic N) is 6. The van der Waals surface area contributed by atoms with Gasteiger partial charge in [0.25, 0.3) is 11.5 Å². The Kier molecular flexibility index (Phi) is 5.21. The number of amides is 1. The van der Waals surface area contributed by atoms with Crippen LogP contribution < -0.4 is 5.56 Å². The minimum absolute atomic E-state index is 0.0609. The second-order valence-electron chi connectivity index (χ2n) is 8.21. The van der Waals surface area contributed by atoms with Gasteiger partial charge in [-0.25, -0.2) is 14.1 Å². The number of likely N-dealkylation sites (tertiary alicyclic amines) is 1. The predicted octanol–water partition coefficient (Wildman–Crippen LogP) is 1.78. The molecule has 1 fully saturated rings. The van der Waals surface area contributed by atoms with Crippen molar-refractivity contribution in [2.45, 2.75) is 25.0 Å². The standard InChI is InChI=1S/C23H21FN6O3/c24-17-3-5-18(6-4-17)30-20-19(13-27-30)22(32)29(15-26-20)14-23(33)7-10-28(11-8-23)21(31)16-2-1-9-25-12-16/h1-6,9,12-13,15,33H,7-8,10-11,14H2. The lowest BCUT2D eigenvalue weighted by atomic mass is 9.91. The van der Waals surface area contributed by atoms with Crippen LogP contribution in [-0.4, -0.2) is 58.9 Å². The maximum absolute atomic E-state index is 13.2. The molecule has 4 heterocycles. The number of benzene rings is 1. The summed E-state index contributed by atoms with van der Waals surface area (Å²) in [7, 11) is 0. The molecule has 0 saturated carbocycles. The number of carbonyl (C=O) groups is 1. The van der Waals surface area contributed by atoms with Gasteiger partial charge in [0.1, 0.15) is 17.5 Å². The first kappa shape index (κ1) is 21.0. The Morgan fingerprint density at radius 2 is 1.88 bits per heavy atom. The largest absolute Gasteiger partial charge is 0.388 e. The smallest absolute Gasteiger partial charge is 0.264 e. The monoisotopic (exact) mass is 448 g/mol. The molecule has 1 N–H and O–H groups in total. The third kappa shape index (κ3) is 4.00. The van der Waals surface area contributed by atoms with Gasteiger partial charge < -0.3 is 10.0 Å². The molecule has 1 aromatic carbocycles. The fourth-order valence-electron chi connectivity index (χ4n) is 4.11. The molecule has 0 atom stereocenters. The lowest BCUT2D eigenvalue weighted by Gasteiger charge is -2.38. The molecule has 1 aliphatic rings. The molecule has 0 unspecified atom stereocenters. The lowest BCUT2D eigenvalue weighted by molar-refractivity contribution is -0.0299. The second kappa shape index (κ2) is 8.21. The Hall–Kier alpha value is -3.92. The van der Waals surface area contributed by atoms with E-state index in [-0.39, 0.29) is 23.8 Å². The summed E-state index contributed by atoms with van der Waals surface area (Å²) in [6.07, 6.45) is 6.60. The molecule has 4 aromatic rings. The van der Waals surface area contributed by atoms with E-state index in [1.54, 1.807) is 35.4 Å². The number of pyridine rings is 1. The Morgan fingerprint density at radius 3 is 2.58 bits per heavy atom. The molecule has 33 heavy (non-hydrogen) atoms. The minimum atomic E-state index is -1.14. The summed E-state index contributed by atoms with van der Waals surface area (Å²) in [6, 6.07) is 9.15. The lowest BCUT2D eigenvalue weighted by Crippen LogP contribution is -2.49. The highest BCUT2D eigenvalue weighted by Gasteiger charge is 2.35. The summed E-state index contributed by atoms with van der Waals surface area (Å²) in [4.78, 5) is 35.7. The van der Waals surface area contributed by atoms with Gasteiger partial charge in [-0.05, 0) is 49.2 Å². The van der Waals surface area contributed by atoms with Crippen LogP contribution in [0.3, 0.4) is 0 Å². The van der Waals surface area contributed by atoms with E-state index in [0.29, 0.717) is 48.2 Å². The number of halogens is 1. The quantitative estimate of drug-likeness (QED) is 0.510. The van der Waals surface area contributed by atoms with Crippen molar-refractivity contribution >= 4 is 16.9 Å². The van der Waals surface area contributed by atoms with Gasteiger partial charge in [-0.2, -0.15) is 5.10 Å². The Bertz CT molecular complexity index is 1360. The Labute approximate surface area is 187 Å². The molecule has 5 rings (SSSR count). The molecule has 0 bridgehead atoms. The molecule has 1 saturated heterocycles. The third-order valence-electron chi connectivity index (χ3n) is 5.98. The maximum Gasteiger partial charge on any atom is 0.264 e. The minimum Gasteiger partial charge on any atom is -0.388 e. The summed E-state index contributed by atoms with van der Waals surface area (Å²) >= 11 is 0. The van der Waals surface area contributed by atoms with Gasteiger partial charge in [-0.3, -0.25) is 19.1 Å². The summed E-state index contributed by atoms with van der Waals surface area (Å²) in [5, 5.41) is 15.6. The summed E-state index contributed by atoms with van der Waals surface area (Å²) in [5.74, 6) is -0.495. The number of piperidine rings is 1. The van der Waals surface area contributed by atoms with Gasteiger partial charge in [0.2, 0.25) is 0 Å². The van der Waals surface area contributed by atoms with Crippen LogP contribution in [0.15, 0.2) is 66.1 Å². The molecule has 9 nitrogen and oxygen atoms in total. The topological polar surface area (TPSA) is 106 Å². The average molecular weight is 448 g/mol. The summed E-state index contributed by atoms with van der Waals surface area (Å²) in [6.45, 7) is 0.805. The van der Waals surface area contributed by atoms with Crippen LogP contribution in [0.1, 0.15) is 23.2 Å². The van der Waals surface area contributed by atoms with Crippen molar-refractivity contribution in [1.82, 2.24) is 29.2 Å². The van der Waals surface area contributed by atoms with Crippen LogP contribution in [-0.2, 0) is 6.54 Å². The fourth-order valence-corrected chi connectivity index (χ4v) is 4.11. The van der Waals surface area contributed by atoms with E-state index in [4.69, 9.17) is 0 Å². The fraction of sp³-hybridized carbons (Fsp3) is 0.261. The van der Waals surface area contributed by atoms with Gasteiger partial charge in [-0.15, -0.1) is 0 Å². The summed E-state index contributed by atoms with van der Waals surface area (Å²) < 4.78 is 16.1. The maximum atomic E-state index is 13.2. The molecule has 1 amide bonds. The molecular weight excluding hydrogens is 427 g/mol. The van der Waals surface area contributed by atoms with Crippen molar-refractivity contribution in [1.29, 1.82) is 0 Å². The van der Waals surface area contributed by atoms with Crippen molar-refractivity contribution in [3.63, 3.8) is 0 Å². The molecule has 0 aliphatic carbocycles. The van der Waals surface area contributed by atoms with Crippen molar-refractivity contribution in [3.05, 3.63) is 83.1 Å². The van der Waals surface area contributed by atoms with Gasteiger partial charge >= 0.3 is 0 Å². The Morgan fingerprint density at radius 1 is 1.12 bits per heavy atom. The van der Waals surface area contributed by atoms with Crippen LogP contribution in [0.4, 0.5) is 4.39 Å². The highest BCUT2D eigenvalue weighted by atomic mass is 19.1. The van der Waals surface area contributed by atoms with E-state index < -0.39 is 5.60 Å². The SMILES string of the molecule is O=C(c1cccnc1)N1CCC(O)(Cn2cnc3c(cnn3-c3ccc(F)cc3)c2=O)CC1. The van der Waals surface area contributed by atoms with Crippen molar-refractivity contribution in [3.8, 4) is 5.69 Å². The van der Waals surface area contributed by atoms with Crippen molar-refractivity contribution < 1.29 is 14.3 Å². The number of hydrogen-bond acceptors (Lipinski definition) is 6. The van der Waals surface area contributed by atoms with Gasteiger partial charge in [0.15, 0.2) is 5.65 Å². The van der Waals surface area contributed by atoms with Crippen molar-refractivity contribution in [2.75, 3.05) is 13.1 Å². The Balaban J connectivity index is 1.33. The van der Waals surface area contributed by atoms with Gasteiger partial charge in [-0.1, -0.05) is 0 Å². The molecule has 168 valence electrons. The number of aliphatic hydroxyl groups is 1. The van der Waals surface area contributed by atoms with Crippen LogP contribution in [0, 0.1) is 5.82 Å². The zero-order valence-corrected chi connectivity index (χ0v) is 17.6. The molecule has 10 heteroatoms. The molecular formula is C23H21FN6O3. The van der Waals surface area contributed by atoms with Crippen LogP contribution >= 0.6 is 0 Å². The van der Waals surface area contributed by atoms with Crippen LogP contribution in [0.2, 0.25) is 0 Å². The van der Waals surface area contributed by atoms with E-state index in [9.17, 15) is 19.1 Å². The normalized spacial score (nSPS) is 15.6. The summed E-state index contributed by atoms with van der Waals surface area (Å²) in [5.41, 5.74) is -0.0209. The second-order valence-corrected chi connectivity index (χ2v) is 8.21. The van der Waals surface area contributed by atoms with Gasteiger partial charge in [0.05, 0.1) is 29.6 Å². The number of aromatic nitrogens is 5. The number of hydrogen-bond donors (Lipinski definition) is 1. The highest BCUT2D eigenvalue weighted by molar-refractivity contribution is 5.93. The average Bonchev–Trinajstić information content (AvgIpc) is 3.27. The van der Waals surface area contributed by atoms with Crippen LogP contribution in [0.25, 0.3) is 16.7 Å². The first-order chi connectivity index (χ1) is 15.9. The van der Waals surface area contributed by atoms with E-state index in [0.717, 1.165) is 0 Å². The van der Waals surface area contributed by atoms with Crippen LogP contribution in [0.5, 0.6) is 0 Å².